The maximum absolute atomic E-state index is 12.2. The first-order valence-corrected chi connectivity index (χ1v) is 8.01. The van der Waals surface area contributed by atoms with Gasteiger partial charge in [0.1, 0.15) is 11.5 Å². The molecule has 0 spiro atoms. The molecular weight excluding hydrogens is 348 g/mol. The van der Waals surface area contributed by atoms with Crippen LogP contribution in [0.1, 0.15) is 17.3 Å². The third kappa shape index (κ3) is 4.84. The topological polar surface area (TPSA) is 59.6 Å². The van der Waals surface area contributed by atoms with Gasteiger partial charge in [0.2, 0.25) is 0 Å². The molecule has 0 heterocycles. The molecule has 0 radical (unpaired) electrons. The Bertz CT molecular complexity index is 735. The molecule has 24 heavy (non-hydrogen) atoms. The van der Waals surface area contributed by atoms with Crippen molar-refractivity contribution in [3.05, 3.63) is 53.1 Å². The quantitative estimate of drug-likeness (QED) is 0.788. The van der Waals surface area contributed by atoms with Gasteiger partial charge in [-0.3, -0.25) is 10.1 Å². The van der Waals surface area contributed by atoms with Crippen molar-refractivity contribution in [2.45, 2.75) is 6.92 Å². The van der Waals surface area contributed by atoms with Gasteiger partial charge in [-0.2, -0.15) is 0 Å². The van der Waals surface area contributed by atoms with Crippen LogP contribution in [-0.2, 0) is 0 Å². The van der Waals surface area contributed by atoms with Gasteiger partial charge in [0, 0.05) is 11.3 Å². The number of amides is 1. The summed E-state index contributed by atoms with van der Waals surface area (Å²) in [6, 6.07) is 12.0. The molecule has 0 aromatic heterocycles. The van der Waals surface area contributed by atoms with Crippen LogP contribution in [0, 0.1) is 0 Å². The van der Waals surface area contributed by atoms with Crippen LogP contribution in [-0.4, -0.2) is 24.7 Å². The molecule has 7 heteroatoms. The summed E-state index contributed by atoms with van der Waals surface area (Å²) in [5.74, 6) is 0.914. The highest BCUT2D eigenvalue weighted by Gasteiger charge is 2.11. The monoisotopic (exact) mass is 364 g/mol. The van der Waals surface area contributed by atoms with Crippen LogP contribution in [0.25, 0.3) is 0 Å². The molecule has 0 bridgehead atoms. The van der Waals surface area contributed by atoms with E-state index in [-0.39, 0.29) is 11.0 Å². The molecule has 0 atom stereocenters. The van der Waals surface area contributed by atoms with Crippen molar-refractivity contribution in [2.75, 3.05) is 19.0 Å². The first kappa shape index (κ1) is 18.0. The highest BCUT2D eigenvalue weighted by atomic mass is 35.5. The number of benzene rings is 2. The molecule has 0 aliphatic heterocycles. The van der Waals surface area contributed by atoms with E-state index in [4.69, 9.17) is 33.3 Å². The normalized spacial score (nSPS) is 9.96. The highest BCUT2D eigenvalue weighted by molar-refractivity contribution is 7.80. The highest BCUT2D eigenvalue weighted by Crippen LogP contribution is 2.24. The van der Waals surface area contributed by atoms with Crippen LogP contribution in [0.15, 0.2) is 42.5 Å². The van der Waals surface area contributed by atoms with E-state index in [0.29, 0.717) is 22.9 Å². The van der Waals surface area contributed by atoms with Crippen molar-refractivity contribution < 1.29 is 14.3 Å². The van der Waals surface area contributed by atoms with E-state index in [1.54, 1.807) is 12.1 Å². The number of halogens is 1. The SMILES string of the molecule is CCOc1ccc(NC(=S)NC(=O)c2ccc(OC)c(Cl)c2)cc1. The van der Waals surface area contributed by atoms with E-state index < -0.39 is 0 Å². The zero-order chi connectivity index (χ0) is 17.5. The molecule has 2 aromatic carbocycles. The molecule has 2 rings (SSSR count). The minimum atomic E-state index is -0.358. The van der Waals surface area contributed by atoms with Gasteiger partial charge in [0.25, 0.3) is 5.91 Å². The van der Waals surface area contributed by atoms with E-state index in [2.05, 4.69) is 10.6 Å². The molecule has 5 nitrogen and oxygen atoms in total. The number of thiocarbonyl (C=S) groups is 1. The Hall–Kier alpha value is -2.31. The largest absolute Gasteiger partial charge is 0.495 e. The predicted molar refractivity (Wildman–Crippen MR) is 99.3 cm³/mol. The lowest BCUT2D eigenvalue weighted by Gasteiger charge is -2.11. The molecule has 0 fully saturated rings. The molecule has 1 amide bonds. The van der Waals surface area contributed by atoms with E-state index in [1.807, 2.05) is 31.2 Å². The van der Waals surface area contributed by atoms with Gasteiger partial charge >= 0.3 is 0 Å². The Kier molecular flexibility index (Phi) is 6.40. The lowest BCUT2D eigenvalue weighted by atomic mass is 10.2. The Labute approximate surface area is 150 Å². The summed E-state index contributed by atoms with van der Waals surface area (Å²) in [6.45, 7) is 2.52. The van der Waals surface area contributed by atoms with Crippen LogP contribution in [0.2, 0.25) is 5.02 Å². The van der Waals surface area contributed by atoms with E-state index in [9.17, 15) is 4.79 Å². The number of nitrogens with one attached hydrogen (secondary N) is 2. The summed E-state index contributed by atoms with van der Waals surface area (Å²) in [4.78, 5) is 12.2. The van der Waals surface area contributed by atoms with Crippen molar-refractivity contribution in [3.8, 4) is 11.5 Å². The Morgan fingerprint density at radius 3 is 2.50 bits per heavy atom. The minimum Gasteiger partial charge on any atom is -0.495 e. The van der Waals surface area contributed by atoms with Crippen LogP contribution in [0.3, 0.4) is 0 Å². The van der Waals surface area contributed by atoms with Crippen molar-refractivity contribution in [1.82, 2.24) is 5.32 Å². The molecule has 2 N–H and O–H groups in total. The zero-order valence-electron chi connectivity index (χ0n) is 13.3. The number of carbonyl (C=O) groups is 1. The Morgan fingerprint density at radius 2 is 1.92 bits per heavy atom. The summed E-state index contributed by atoms with van der Waals surface area (Å²) < 4.78 is 10.4. The lowest BCUT2D eigenvalue weighted by molar-refractivity contribution is 0.0977. The lowest BCUT2D eigenvalue weighted by Crippen LogP contribution is -2.34. The van der Waals surface area contributed by atoms with Crippen LogP contribution in [0.4, 0.5) is 5.69 Å². The summed E-state index contributed by atoms with van der Waals surface area (Å²) in [7, 11) is 1.51. The second kappa shape index (κ2) is 8.52. The number of ether oxygens (including phenoxy) is 2. The average Bonchev–Trinajstić information content (AvgIpc) is 2.56. The molecule has 0 saturated carbocycles. The summed E-state index contributed by atoms with van der Waals surface area (Å²) in [5, 5.41) is 6.08. The molecule has 0 aliphatic rings. The summed E-state index contributed by atoms with van der Waals surface area (Å²) in [6.07, 6.45) is 0. The number of carbonyl (C=O) groups excluding carboxylic acids is 1. The predicted octanol–water partition coefficient (Wildman–Crippen LogP) is 3.87. The third-order valence-electron chi connectivity index (χ3n) is 3.06. The molecule has 0 saturated heterocycles. The van der Waals surface area contributed by atoms with Crippen LogP contribution < -0.4 is 20.1 Å². The van der Waals surface area contributed by atoms with Crippen LogP contribution >= 0.6 is 23.8 Å². The Balaban J connectivity index is 1.96. The van der Waals surface area contributed by atoms with E-state index >= 15 is 0 Å². The number of rotatable bonds is 5. The molecule has 2 aromatic rings. The summed E-state index contributed by atoms with van der Waals surface area (Å²) >= 11 is 11.2. The standard InChI is InChI=1S/C17H17ClN2O3S/c1-3-23-13-7-5-12(6-8-13)19-17(24)20-16(21)11-4-9-15(22-2)14(18)10-11/h4-10H,3H2,1-2H3,(H2,19,20,21,24). The van der Waals surface area contributed by atoms with Crippen LogP contribution in [0.5, 0.6) is 11.5 Å². The second-order valence-electron chi connectivity index (χ2n) is 4.71. The van der Waals surface area contributed by atoms with Gasteiger partial charge < -0.3 is 14.8 Å². The van der Waals surface area contributed by atoms with Crippen molar-refractivity contribution in [3.63, 3.8) is 0 Å². The maximum Gasteiger partial charge on any atom is 0.257 e. The third-order valence-corrected chi connectivity index (χ3v) is 3.56. The fraction of sp³-hybridized carbons (Fsp3) is 0.176. The van der Waals surface area contributed by atoms with Gasteiger partial charge in [0.15, 0.2) is 5.11 Å². The first-order chi connectivity index (χ1) is 11.5. The van der Waals surface area contributed by atoms with Crippen molar-refractivity contribution in [1.29, 1.82) is 0 Å². The number of hydrogen-bond donors (Lipinski definition) is 2. The van der Waals surface area contributed by atoms with E-state index in [0.717, 1.165) is 11.4 Å². The van der Waals surface area contributed by atoms with Crippen molar-refractivity contribution >= 4 is 40.5 Å². The number of methoxy groups -OCH3 is 1. The van der Waals surface area contributed by atoms with Gasteiger partial charge in [-0.25, -0.2) is 0 Å². The van der Waals surface area contributed by atoms with Gasteiger partial charge in [0.05, 0.1) is 18.7 Å². The molecular formula is C17H17ClN2O3S. The number of anilines is 1. The second-order valence-corrected chi connectivity index (χ2v) is 5.53. The fourth-order valence-corrected chi connectivity index (χ4v) is 2.41. The smallest absolute Gasteiger partial charge is 0.257 e. The first-order valence-electron chi connectivity index (χ1n) is 7.22. The summed E-state index contributed by atoms with van der Waals surface area (Å²) in [5.41, 5.74) is 1.13. The van der Waals surface area contributed by atoms with Gasteiger partial charge in [-0.1, -0.05) is 11.6 Å². The minimum absolute atomic E-state index is 0.191. The molecule has 0 aliphatic carbocycles. The molecule has 0 unspecified atom stereocenters. The van der Waals surface area contributed by atoms with Gasteiger partial charge in [-0.05, 0) is 61.6 Å². The maximum atomic E-state index is 12.2. The average molecular weight is 365 g/mol. The van der Waals surface area contributed by atoms with Crippen molar-refractivity contribution in [2.24, 2.45) is 0 Å². The number of hydrogen-bond acceptors (Lipinski definition) is 4. The fourth-order valence-electron chi connectivity index (χ4n) is 1.95. The van der Waals surface area contributed by atoms with E-state index in [1.165, 1.54) is 13.2 Å². The molecule has 126 valence electrons. The Morgan fingerprint density at radius 1 is 1.21 bits per heavy atom. The zero-order valence-corrected chi connectivity index (χ0v) is 14.8. The van der Waals surface area contributed by atoms with Gasteiger partial charge in [-0.15, -0.1) is 0 Å².